The van der Waals surface area contributed by atoms with Crippen LogP contribution in [0.4, 0.5) is 5.82 Å². The fraction of sp³-hybridized carbons (Fsp3) is 0.595. The first kappa shape index (κ1) is 43.1. The predicted molar refractivity (Wildman–Crippen MR) is 227 cm³/mol. The first-order valence-corrected chi connectivity index (χ1v) is 25.6. The number of anilines is 1. The van der Waals surface area contributed by atoms with Crippen LogP contribution in [0.1, 0.15) is 70.6 Å². The molecular formula is C42H66N6O5Si2. The molecule has 4 atom stereocenters. The summed E-state index contributed by atoms with van der Waals surface area (Å²) in [5, 5.41) is 7.13. The molecule has 2 aromatic carbocycles. The number of aromatic nitrogens is 4. The van der Waals surface area contributed by atoms with Gasteiger partial charge in [-0.1, -0.05) is 102 Å². The number of ether oxygens (including phenoxy) is 3. The van der Waals surface area contributed by atoms with E-state index in [2.05, 4.69) is 139 Å². The summed E-state index contributed by atoms with van der Waals surface area (Å²) in [4.78, 5) is 15.3. The van der Waals surface area contributed by atoms with E-state index in [1.165, 1.54) is 11.1 Å². The van der Waals surface area contributed by atoms with E-state index < -0.39 is 29.0 Å². The third kappa shape index (κ3) is 10.3. The van der Waals surface area contributed by atoms with Crippen LogP contribution in [0.25, 0.3) is 11.2 Å². The predicted octanol–water partition coefficient (Wildman–Crippen LogP) is 8.17. The highest BCUT2D eigenvalue weighted by Crippen LogP contribution is 2.46. The summed E-state index contributed by atoms with van der Waals surface area (Å²) < 4.78 is 34.7. The Morgan fingerprint density at radius 3 is 1.91 bits per heavy atom. The fourth-order valence-electron chi connectivity index (χ4n) is 6.41. The molecule has 1 saturated heterocycles. The molecule has 3 heterocycles. The highest BCUT2D eigenvalue weighted by Gasteiger charge is 2.54. The number of rotatable bonds is 18. The van der Waals surface area contributed by atoms with E-state index in [9.17, 15) is 0 Å². The van der Waals surface area contributed by atoms with Crippen molar-refractivity contribution in [1.29, 1.82) is 0 Å². The Bertz CT molecular complexity index is 1760. The second-order valence-corrected chi connectivity index (χ2v) is 27.3. The molecule has 0 bridgehead atoms. The van der Waals surface area contributed by atoms with Crippen LogP contribution in [0.2, 0.25) is 36.3 Å². The van der Waals surface area contributed by atoms with Crippen LogP contribution in [-0.4, -0.2) is 102 Å². The molecule has 2 aromatic heterocycles. The molecule has 0 aliphatic carbocycles. The first-order valence-electron chi connectivity index (χ1n) is 19.7. The van der Waals surface area contributed by atoms with Gasteiger partial charge in [-0.05, 0) is 47.4 Å². The number of imidazole rings is 1. The van der Waals surface area contributed by atoms with Crippen molar-refractivity contribution in [1.82, 2.24) is 24.8 Å². The van der Waals surface area contributed by atoms with Gasteiger partial charge >= 0.3 is 0 Å². The molecule has 0 radical (unpaired) electrons. The largest absolute Gasteiger partial charge is 0.408 e. The van der Waals surface area contributed by atoms with Crippen molar-refractivity contribution in [2.24, 2.45) is 0 Å². The van der Waals surface area contributed by atoms with Crippen LogP contribution in [0.15, 0.2) is 67.0 Å². The van der Waals surface area contributed by atoms with Gasteiger partial charge in [0.25, 0.3) is 0 Å². The summed E-state index contributed by atoms with van der Waals surface area (Å²) in [5.74, 6) is 1.49. The van der Waals surface area contributed by atoms with Gasteiger partial charge in [-0.2, -0.15) is 0 Å². The second kappa shape index (κ2) is 18.1. The van der Waals surface area contributed by atoms with Crippen LogP contribution < -0.4 is 10.6 Å². The number of benzene rings is 2. The summed E-state index contributed by atoms with van der Waals surface area (Å²) in [6, 6.07) is 21.2. The third-order valence-electron chi connectivity index (χ3n) is 11.7. The zero-order valence-electron chi connectivity index (χ0n) is 35.3. The Kier molecular flexibility index (Phi) is 14.2. The van der Waals surface area contributed by atoms with E-state index >= 15 is 0 Å². The van der Waals surface area contributed by atoms with Crippen LogP contribution in [0.3, 0.4) is 0 Å². The molecule has 0 saturated carbocycles. The lowest BCUT2D eigenvalue weighted by molar-refractivity contribution is -0.0562. The van der Waals surface area contributed by atoms with Crippen molar-refractivity contribution in [2.75, 3.05) is 52.4 Å². The molecule has 5 rings (SSSR count). The van der Waals surface area contributed by atoms with E-state index in [4.69, 9.17) is 38.0 Å². The van der Waals surface area contributed by atoms with Crippen molar-refractivity contribution in [2.45, 2.75) is 115 Å². The SMILES string of the molecule is COCCNCCc1nc(NCC(c2ccccc2)c2ccccc2)c2ncn(C3OC(COC)C(O[Si](C)(C)C(C)(C)C)C3O[Si](C)(C)C(C)(C)C)c2n1. The van der Waals surface area contributed by atoms with Gasteiger partial charge in [0.05, 0.1) is 19.5 Å². The summed E-state index contributed by atoms with van der Waals surface area (Å²) in [5.41, 5.74) is 3.82. The zero-order valence-corrected chi connectivity index (χ0v) is 37.3. The molecule has 0 spiro atoms. The highest BCUT2D eigenvalue weighted by atomic mass is 28.4. The number of nitrogens with zero attached hydrogens (tertiary/aromatic N) is 4. The smallest absolute Gasteiger partial charge is 0.192 e. The molecule has 55 heavy (non-hydrogen) atoms. The van der Waals surface area contributed by atoms with Crippen molar-refractivity contribution < 1.29 is 23.1 Å². The highest BCUT2D eigenvalue weighted by molar-refractivity contribution is 6.74. The van der Waals surface area contributed by atoms with Gasteiger partial charge in [-0.3, -0.25) is 4.57 Å². The van der Waals surface area contributed by atoms with E-state index in [0.29, 0.717) is 55.5 Å². The molecule has 1 fully saturated rings. The quantitative estimate of drug-likeness (QED) is 0.0756. The van der Waals surface area contributed by atoms with Crippen molar-refractivity contribution >= 4 is 33.6 Å². The molecule has 4 aromatic rings. The van der Waals surface area contributed by atoms with Crippen molar-refractivity contribution in [3.63, 3.8) is 0 Å². The van der Waals surface area contributed by atoms with Gasteiger partial charge in [0.2, 0.25) is 0 Å². The number of hydrogen-bond acceptors (Lipinski definition) is 10. The molecule has 302 valence electrons. The van der Waals surface area contributed by atoms with Gasteiger partial charge in [0.1, 0.15) is 24.1 Å². The minimum atomic E-state index is -2.33. The lowest BCUT2D eigenvalue weighted by Gasteiger charge is -2.44. The Labute approximate surface area is 331 Å². The van der Waals surface area contributed by atoms with E-state index in [1.807, 2.05) is 10.9 Å². The molecule has 0 amide bonds. The summed E-state index contributed by atoms with van der Waals surface area (Å²) in [6.07, 6.45) is 0.794. The molecule has 2 N–H and O–H groups in total. The summed E-state index contributed by atoms with van der Waals surface area (Å²) >= 11 is 0. The zero-order chi connectivity index (χ0) is 40.0. The Morgan fingerprint density at radius 1 is 0.782 bits per heavy atom. The first-order chi connectivity index (χ1) is 26.0. The van der Waals surface area contributed by atoms with E-state index in [1.54, 1.807) is 14.2 Å². The molecule has 11 nitrogen and oxygen atoms in total. The van der Waals surface area contributed by atoms with Gasteiger partial charge in [0.15, 0.2) is 39.8 Å². The van der Waals surface area contributed by atoms with Crippen LogP contribution in [0.5, 0.6) is 0 Å². The van der Waals surface area contributed by atoms with Crippen LogP contribution in [0, 0.1) is 0 Å². The number of nitrogens with one attached hydrogen (secondary N) is 2. The normalized spacial score (nSPS) is 19.8. The maximum absolute atomic E-state index is 7.36. The van der Waals surface area contributed by atoms with Gasteiger partial charge in [0, 0.05) is 46.2 Å². The van der Waals surface area contributed by atoms with E-state index in [-0.39, 0.29) is 28.2 Å². The second-order valence-electron chi connectivity index (χ2n) is 17.8. The van der Waals surface area contributed by atoms with Crippen molar-refractivity contribution in [3.8, 4) is 0 Å². The molecule has 4 unspecified atom stereocenters. The minimum absolute atomic E-state index is 0.0106. The number of hydrogen-bond donors (Lipinski definition) is 2. The van der Waals surface area contributed by atoms with Gasteiger partial charge < -0.3 is 33.7 Å². The molecule has 13 heteroatoms. The van der Waals surface area contributed by atoms with Gasteiger partial charge in [-0.15, -0.1) is 0 Å². The summed E-state index contributed by atoms with van der Waals surface area (Å²) in [6.45, 7) is 25.8. The maximum atomic E-state index is 7.36. The molecular weight excluding hydrogens is 725 g/mol. The average Bonchev–Trinajstić information content (AvgIpc) is 3.69. The topological polar surface area (TPSA) is 114 Å². The Balaban J connectivity index is 1.59. The maximum Gasteiger partial charge on any atom is 0.192 e. The van der Waals surface area contributed by atoms with Crippen molar-refractivity contribution in [3.05, 3.63) is 83.9 Å². The molecule has 1 aliphatic heterocycles. The minimum Gasteiger partial charge on any atom is -0.408 e. The fourth-order valence-corrected chi connectivity index (χ4v) is 9.02. The standard InChI is InChI=1S/C42H66N6O5Si2/c1-41(2,3)54(9,10)52-36-33(28-50-8)51-40(37(36)53-55(11,12)42(4,5)6)48-29-45-35-38(46-34(47-39(35)48)23-24-43-25-26-49-7)44-27-32(30-19-15-13-16-20-30)31-21-17-14-18-22-31/h13-22,29,32-33,36-37,40,43H,23-28H2,1-12H3,(H,44,46,47). The Morgan fingerprint density at radius 2 is 1.36 bits per heavy atom. The molecule has 1 aliphatic rings. The Hall–Kier alpha value is -3.02. The third-order valence-corrected chi connectivity index (χ3v) is 20.7. The average molecular weight is 791 g/mol. The lowest BCUT2D eigenvalue weighted by Crippen LogP contribution is -2.54. The number of methoxy groups -OCH3 is 2. The monoisotopic (exact) mass is 790 g/mol. The van der Waals surface area contributed by atoms with E-state index in [0.717, 1.165) is 6.54 Å². The van der Waals surface area contributed by atoms with Crippen LogP contribution in [-0.2, 0) is 29.5 Å². The lowest BCUT2D eigenvalue weighted by atomic mass is 9.91. The van der Waals surface area contributed by atoms with Crippen LogP contribution >= 0.6 is 0 Å². The number of fused-ring (bicyclic) bond motifs is 1. The van der Waals surface area contributed by atoms with Gasteiger partial charge in [-0.25, -0.2) is 15.0 Å². The summed E-state index contributed by atoms with van der Waals surface area (Å²) in [7, 11) is -1.17.